The van der Waals surface area contributed by atoms with Gasteiger partial charge in [0.1, 0.15) is 18.0 Å². The van der Waals surface area contributed by atoms with E-state index in [0.29, 0.717) is 70.7 Å². The Morgan fingerprint density at radius 3 is 2.10 bits per heavy atom. The van der Waals surface area contributed by atoms with E-state index in [9.17, 15) is 9.70 Å². The Bertz CT molecular complexity index is 1630. The second-order valence-electron chi connectivity index (χ2n) is 16.0. The monoisotopic (exact) mass is 811 g/mol. The van der Waals surface area contributed by atoms with Crippen LogP contribution in [0.4, 0.5) is 5.69 Å². The van der Waals surface area contributed by atoms with E-state index in [1.807, 2.05) is 20.0 Å². The van der Waals surface area contributed by atoms with Gasteiger partial charge in [0.15, 0.2) is 0 Å². The summed E-state index contributed by atoms with van der Waals surface area (Å²) < 4.78 is 40.6. The summed E-state index contributed by atoms with van der Waals surface area (Å²) in [4.78, 5) is 35.5. The fourth-order valence-corrected chi connectivity index (χ4v) is 7.12. The molecule has 2 heterocycles. The summed E-state index contributed by atoms with van der Waals surface area (Å²) in [5, 5.41) is 2.91. The standard InChI is InChI=1S/C44H67N5O9/c1-32(2)40(49(51)31-54-8)43(50)45-20-10-9-11-39-46-29-37(47-39)33-12-14-34(15-13-33)41-42(58-28-26-56-24-22-53-7)38(57-27-25-55-23-21-52-6)30-48(41)36-18-16-35(17-19-36)44(3,4)5/h12-19,29,32,38,40-42H,9-11,20-28,30-31H2,1-8H3,(H-,45,46,47,50)/p+1. The Hall–Kier alpha value is -3.76. The number of carbonyl (C=O) groups excluding carboxylic acids is 1. The number of benzene rings is 2. The lowest BCUT2D eigenvalue weighted by atomic mass is 9.87. The van der Waals surface area contributed by atoms with Gasteiger partial charge in [0.25, 0.3) is 18.7 Å². The van der Waals surface area contributed by atoms with Crippen molar-refractivity contribution in [2.75, 3.05) is 98.9 Å². The Balaban J connectivity index is 1.47. The maximum atomic E-state index is 12.7. The highest BCUT2D eigenvalue weighted by Gasteiger charge is 2.44. The SMILES string of the molecule is COCCOCCOC1CN(c2ccc(C(C)(C)C)cc2)C(c2ccc(-c3cnc(CCCCNC(=O)C(C(C)C)[N+](=O)COC)[nH]3)cc2)C1OCCOCCOC. The Kier molecular flexibility index (Phi) is 19.7. The lowest BCUT2D eigenvalue weighted by Crippen LogP contribution is -2.45. The smallest absolute Gasteiger partial charge is 0.296 e. The summed E-state index contributed by atoms with van der Waals surface area (Å²) in [5.41, 5.74) is 5.48. The van der Waals surface area contributed by atoms with Crippen molar-refractivity contribution in [3.63, 3.8) is 0 Å². The van der Waals surface area contributed by atoms with E-state index >= 15 is 0 Å². The second kappa shape index (κ2) is 24.4. The Morgan fingerprint density at radius 1 is 0.862 bits per heavy atom. The van der Waals surface area contributed by atoms with E-state index in [1.165, 1.54) is 12.7 Å². The van der Waals surface area contributed by atoms with Crippen LogP contribution in [0.25, 0.3) is 11.3 Å². The summed E-state index contributed by atoms with van der Waals surface area (Å²) >= 11 is 0. The van der Waals surface area contributed by atoms with Gasteiger partial charge in [-0.3, -0.25) is 4.79 Å². The van der Waals surface area contributed by atoms with Crippen LogP contribution in [-0.2, 0) is 49.8 Å². The molecule has 1 aliphatic rings. The number of nitrogens with zero attached hydrogens (tertiary/aromatic N) is 3. The van der Waals surface area contributed by atoms with Crippen LogP contribution in [0.1, 0.15) is 70.5 Å². The number of H-pyrrole nitrogens is 1. The third-order valence-electron chi connectivity index (χ3n) is 10.2. The molecule has 2 N–H and O–H groups in total. The van der Waals surface area contributed by atoms with Crippen LogP contribution in [-0.4, -0.2) is 133 Å². The number of imidazole rings is 1. The second-order valence-corrected chi connectivity index (χ2v) is 16.0. The maximum absolute atomic E-state index is 12.7. The summed E-state index contributed by atoms with van der Waals surface area (Å²) in [6.45, 7) is 15.2. The van der Waals surface area contributed by atoms with Crippen molar-refractivity contribution in [1.82, 2.24) is 15.3 Å². The number of hydrogen-bond acceptors (Lipinski definition) is 11. The molecule has 0 spiro atoms. The van der Waals surface area contributed by atoms with Crippen LogP contribution in [0.15, 0.2) is 54.7 Å². The number of carbonyl (C=O) groups is 1. The van der Waals surface area contributed by atoms with E-state index < -0.39 is 6.04 Å². The number of rotatable bonds is 27. The van der Waals surface area contributed by atoms with Crippen molar-refractivity contribution in [2.45, 2.75) is 83.6 Å². The van der Waals surface area contributed by atoms with Gasteiger partial charge >= 0.3 is 0 Å². The molecule has 14 nitrogen and oxygen atoms in total. The number of methoxy groups -OCH3 is 3. The maximum Gasteiger partial charge on any atom is 0.296 e. The van der Waals surface area contributed by atoms with Crippen LogP contribution in [0, 0.1) is 10.8 Å². The number of hydrogen-bond donors (Lipinski definition) is 2. The van der Waals surface area contributed by atoms with Crippen molar-refractivity contribution < 1.29 is 42.7 Å². The highest BCUT2D eigenvalue weighted by Crippen LogP contribution is 2.40. The number of nitroso groups, excluding NO2 is 1. The fraction of sp³-hybridized carbons (Fsp3) is 0.636. The molecule has 0 aliphatic carbocycles. The average Bonchev–Trinajstić information content (AvgIpc) is 3.82. The van der Waals surface area contributed by atoms with Gasteiger partial charge in [0, 0.05) is 62.1 Å². The van der Waals surface area contributed by atoms with E-state index in [0.717, 1.165) is 47.6 Å². The number of ether oxygens (including phenoxy) is 7. The predicted octanol–water partition coefficient (Wildman–Crippen LogP) is 5.88. The molecule has 1 fully saturated rings. The number of aromatic amines is 1. The molecule has 58 heavy (non-hydrogen) atoms. The van der Waals surface area contributed by atoms with Gasteiger partial charge < -0.3 is 48.4 Å². The van der Waals surface area contributed by atoms with Gasteiger partial charge in [-0.15, -0.1) is 0 Å². The molecule has 1 amide bonds. The zero-order valence-corrected chi connectivity index (χ0v) is 36.0. The first-order chi connectivity index (χ1) is 28.0. The number of unbranched alkanes of at least 4 members (excludes halogenated alkanes) is 1. The zero-order valence-electron chi connectivity index (χ0n) is 36.0. The summed E-state index contributed by atoms with van der Waals surface area (Å²) in [5.74, 6) is 0.468. The van der Waals surface area contributed by atoms with Crippen LogP contribution < -0.4 is 10.2 Å². The predicted molar refractivity (Wildman–Crippen MR) is 224 cm³/mol. The summed E-state index contributed by atoms with van der Waals surface area (Å²) in [6, 6.07) is 16.5. The normalized spacial score (nSPS) is 17.6. The number of nitrogens with one attached hydrogen (secondary N) is 2. The largest absolute Gasteiger partial charge is 0.382 e. The molecule has 14 heteroatoms. The molecule has 0 saturated carbocycles. The van der Waals surface area contributed by atoms with Crippen molar-refractivity contribution >= 4 is 11.6 Å². The van der Waals surface area contributed by atoms with Gasteiger partial charge in [0.05, 0.1) is 70.8 Å². The zero-order chi connectivity index (χ0) is 41.9. The third kappa shape index (κ3) is 14.2. The first kappa shape index (κ1) is 46.9. The third-order valence-corrected chi connectivity index (χ3v) is 10.2. The average molecular weight is 811 g/mol. The Morgan fingerprint density at radius 2 is 1.50 bits per heavy atom. The first-order valence-corrected chi connectivity index (χ1v) is 20.6. The molecule has 4 rings (SSSR count). The van der Waals surface area contributed by atoms with Crippen molar-refractivity contribution in [3.05, 3.63) is 76.6 Å². The molecule has 0 bridgehead atoms. The summed E-state index contributed by atoms with van der Waals surface area (Å²) in [7, 11) is 4.77. The molecule has 322 valence electrons. The minimum Gasteiger partial charge on any atom is -0.382 e. The van der Waals surface area contributed by atoms with E-state index in [1.54, 1.807) is 14.2 Å². The highest BCUT2D eigenvalue weighted by molar-refractivity contribution is 5.80. The van der Waals surface area contributed by atoms with Gasteiger partial charge in [-0.2, -0.15) is 0 Å². The van der Waals surface area contributed by atoms with Gasteiger partial charge in [-0.25, -0.2) is 4.98 Å². The molecule has 2 aromatic carbocycles. The lowest BCUT2D eigenvalue weighted by Gasteiger charge is -2.31. The van der Waals surface area contributed by atoms with Crippen molar-refractivity contribution in [1.29, 1.82) is 0 Å². The summed E-state index contributed by atoms with van der Waals surface area (Å²) in [6.07, 6.45) is 3.70. The number of amides is 1. The molecular formula is C44H68N5O9+. The molecule has 1 aromatic heterocycles. The quantitative estimate of drug-likeness (QED) is 0.0541. The molecule has 4 atom stereocenters. The van der Waals surface area contributed by atoms with Crippen molar-refractivity contribution in [2.24, 2.45) is 5.92 Å². The van der Waals surface area contributed by atoms with Crippen LogP contribution >= 0.6 is 0 Å². The molecule has 1 aliphatic heterocycles. The fourth-order valence-electron chi connectivity index (χ4n) is 7.12. The Labute approximate surface area is 345 Å². The first-order valence-electron chi connectivity index (χ1n) is 20.6. The van der Waals surface area contributed by atoms with Crippen LogP contribution in [0.2, 0.25) is 0 Å². The number of aryl methyl sites for hydroxylation is 1. The van der Waals surface area contributed by atoms with E-state index in [4.69, 9.17) is 33.2 Å². The molecule has 0 radical (unpaired) electrons. The van der Waals surface area contributed by atoms with Crippen LogP contribution in [0.3, 0.4) is 0 Å². The molecule has 3 aromatic rings. The molecule has 1 saturated heterocycles. The minimum atomic E-state index is -0.786. The molecular weight excluding hydrogens is 743 g/mol. The van der Waals surface area contributed by atoms with E-state index in [-0.39, 0.29) is 42.2 Å². The highest BCUT2D eigenvalue weighted by atomic mass is 16.6. The topological polar surface area (TPSA) is 146 Å². The minimum absolute atomic E-state index is 0.0370. The van der Waals surface area contributed by atoms with Crippen molar-refractivity contribution in [3.8, 4) is 11.3 Å². The molecule has 4 unspecified atom stereocenters. The number of aromatic nitrogens is 2. The van der Waals surface area contributed by atoms with Gasteiger partial charge in [0.2, 0.25) is 0 Å². The van der Waals surface area contributed by atoms with E-state index in [2.05, 4.69) is 89.5 Å². The van der Waals surface area contributed by atoms with Gasteiger partial charge in [-0.1, -0.05) is 71.0 Å². The lowest BCUT2D eigenvalue weighted by molar-refractivity contribution is -0.612. The number of anilines is 1. The van der Waals surface area contributed by atoms with Crippen LogP contribution in [0.5, 0.6) is 0 Å². The van der Waals surface area contributed by atoms with Gasteiger partial charge in [-0.05, 0) is 47.1 Å².